The van der Waals surface area contributed by atoms with Crippen molar-refractivity contribution in [1.29, 1.82) is 0 Å². The summed E-state index contributed by atoms with van der Waals surface area (Å²) < 4.78 is 0. The van der Waals surface area contributed by atoms with Crippen LogP contribution >= 0.6 is 0 Å². The van der Waals surface area contributed by atoms with Crippen LogP contribution in [0.4, 0.5) is 0 Å². The van der Waals surface area contributed by atoms with Gasteiger partial charge >= 0.3 is 0 Å². The van der Waals surface area contributed by atoms with Crippen LogP contribution in [-0.2, 0) is 24.6 Å². The molecule has 4 atom stereocenters. The average Bonchev–Trinajstić information content (AvgIpc) is 3.39. The first-order valence-corrected chi connectivity index (χ1v) is 14.5. The van der Waals surface area contributed by atoms with Crippen molar-refractivity contribution in [2.45, 2.75) is 97.8 Å². The number of nitrogens with zero attached hydrogens (tertiary/aromatic N) is 2. The molecule has 0 radical (unpaired) electrons. The number of amides is 4. The summed E-state index contributed by atoms with van der Waals surface area (Å²) in [6.45, 7) is 15.9. The third-order valence-electron chi connectivity index (χ3n) is 8.27. The van der Waals surface area contributed by atoms with E-state index in [0.29, 0.717) is 18.5 Å². The van der Waals surface area contributed by atoms with Crippen LogP contribution in [0.1, 0.15) is 73.8 Å². The molecule has 228 valence electrons. The van der Waals surface area contributed by atoms with Crippen LogP contribution in [0.15, 0.2) is 42.0 Å². The Morgan fingerprint density at radius 1 is 1.05 bits per heavy atom. The lowest BCUT2D eigenvalue weighted by Gasteiger charge is -2.40. The molecule has 1 heterocycles. The van der Waals surface area contributed by atoms with Gasteiger partial charge in [-0.3, -0.25) is 19.2 Å². The molecular formula is C32H51N5O4. The lowest BCUT2D eigenvalue weighted by atomic mass is 9.76. The molecule has 41 heavy (non-hydrogen) atoms. The predicted molar refractivity (Wildman–Crippen MR) is 163 cm³/mol. The van der Waals surface area contributed by atoms with Gasteiger partial charge in [0.25, 0.3) is 0 Å². The first-order valence-electron chi connectivity index (χ1n) is 14.5. The Morgan fingerprint density at radius 3 is 2.12 bits per heavy atom. The fourth-order valence-corrected chi connectivity index (χ4v) is 5.69. The zero-order chi connectivity index (χ0) is 31.3. The van der Waals surface area contributed by atoms with E-state index in [1.54, 1.807) is 32.0 Å². The van der Waals surface area contributed by atoms with Crippen LogP contribution in [0.3, 0.4) is 0 Å². The van der Waals surface area contributed by atoms with E-state index >= 15 is 0 Å². The van der Waals surface area contributed by atoms with Crippen molar-refractivity contribution in [1.82, 2.24) is 20.4 Å². The molecule has 4 N–H and O–H groups in total. The molecule has 0 aromatic heterocycles. The van der Waals surface area contributed by atoms with Gasteiger partial charge in [-0.15, -0.1) is 0 Å². The number of hydrogen-bond donors (Lipinski definition) is 3. The molecule has 1 aromatic rings. The standard InChI is InChI=1S/C32H51N5O4/c1-20(2)24(19-21(3)29(40)37-18-14-17-23(37)27(33)38)36(10)30(41)26(31(4,5)6)35-28(39)25(34-9)32(7,8)22-15-12-11-13-16-22/h11-13,15-16,19-20,23-26,34H,14,17-18H2,1-10H3,(H2,33,38)(H,35,39)/b21-19+/t23-,24+,25+,26+/m0/s1. The molecule has 1 aliphatic rings. The summed E-state index contributed by atoms with van der Waals surface area (Å²) in [4.78, 5) is 56.0. The first kappa shape index (κ1) is 34.0. The average molecular weight is 570 g/mol. The second kappa shape index (κ2) is 13.6. The van der Waals surface area contributed by atoms with Gasteiger partial charge < -0.3 is 26.2 Å². The van der Waals surface area contributed by atoms with Crippen molar-refractivity contribution in [3.05, 3.63) is 47.5 Å². The van der Waals surface area contributed by atoms with Gasteiger partial charge in [-0.05, 0) is 43.7 Å². The number of carbonyl (C=O) groups is 4. The van der Waals surface area contributed by atoms with Crippen LogP contribution in [0.5, 0.6) is 0 Å². The van der Waals surface area contributed by atoms with Crippen molar-refractivity contribution in [2.75, 3.05) is 20.6 Å². The van der Waals surface area contributed by atoms with E-state index in [2.05, 4.69) is 10.6 Å². The maximum Gasteiger partial charge on any atom is 0.249 e. The van der Waals surface area contributed by atoms with Crippen LogP contribution in [0.25, 0.3) is 0 Å². The highest BCUT2D eigenvalue weighted by atomic mass is 16.2. The Bertz CT molecular complexity index is 1120. The molecule has 0 saturated carbocycles. The number of nitrogens with one attached hydrogen (secondary N) is 2. The Morgan fingerprint density at radius 2 is 1.63 bits per heavy atom. The lowest BCUT2D eigenvalue weighted by Crippen LogP contribution is -2.61. The van der Waals surface area contributed by atoms with Gasteiger partial charge in [0, 0.05) is 24.6 Å². The Hall–Kier alpha value is -3.20. The number of primary amides is 1. The maximum absolute atomic E-state index is 14.1. The summed E-state index contributed by atoms with van der Waals surface area (Å²) in [5, 5.41) is 6.22. The normalized spacial score (nSPS) is 18.6. The molecule has 0 bridgehead atoms. The minimum Gasteiger partial charge on any atom is -0.368 e. The largest absolute Gasteiger partial charge is 0.368 e. The lowest BCUT2D eigenvalue weighted by molar-refractivity contribution is -0.141. The van der Waals surface area contributed by atoms with Crippen LogP contribution < -0.4 is 16.4 Å². The fraction of sp³-hybridized carbons (Fsp3) is 0.625. The highest BCUT2D eigenvalue weighted by Crippen LogP contribution is 2.29. The Kier molecular flexibility index (Phi) is 11.3. The molecule has 9 heteroatoms. The van der Waals surface area contributed by atoms with Crippen molar-refractivity contribution < 1.29 is 19.2 Å². The number of hydrogen-bond acceptors (Lipinski definition) is 5. The second-order valence-electron chi connectivity index (χ2n) is 13.2. The number of carbonyl (C=O) groups excluding carboxylic acids is 4. The van der Waals surface area contributed by atoms with Gasteiger partial charge in [-0.2, -0.15) is 0 Å². The van der Waals surface area contributed by atoms with Crippen LogP contribution in [0, 0.1) is 11.3 Å². The molecule has 1 saturated heterocycles. The molecule has 1 fully saturated rings. The summed E-state index contributed by atoms with van der Waals surface area (Å²) in [6, 6.07) is 7.40. The number of likely N-dealkylation sites (tertiary alicyclic amines) is 1. The minimum atomic E-state index is -0.814. The minimum absolute atomic E-state index is 0.0180. The van der Waals surface area contributed by atoms with E-state index < -0.39 is 40.9 Å². The molecular weight excluding hydrogens is 518 g/mol. The van der Waals surface area contributed by atoms with E-state index in [4.69, 9.17) is 5.73 Å². The number of nitrogens with two attached hydrogens (primary N) is 1. The third-order valence-corrected chi connectivity index (χ3v) is 8.27. The predicted octanol–water partition coefficient (Wildman–Crippen LogP) is 2.99. The topological polar surface area (TPSA) is 125 Å². The molecule has 1 aromatic carbocycles. The Labute approximate surface area is 246 Å². The highest BCUT2D eigenvalue weighted by molar-refractivity contribution is 5.97. The van der Waals surface area contributed by atoms with Gasteiger partial charge in [0.05, 0.1) is 12.1 Å². The van der Waals surface area contributed by atoms with Gasteiger partial charge in [0.2, 0.25) is 23.6 Å². The van der Waals surface area contributed by atoms with E-state index in [1.165, 1.54) is 4.90 Å². The monoisotopic (exact) mass is 569 g/mol. The summed E-state index contributed by atoms with van der Waals surface area (Å²) in [5.41, 5.74) is 5.85. The molecule has 9 nitrogen and oxygen atoms in total. The van der Waals surface area contributed by atoms with Gasteiger partial charge in [-0.25, -0.2) is 0 Å². The van der Waals surface area contributed by atoms with Crippen molar-refractivity contribution in [2.24, 2.45) is 17.1 Å². The summed E-state index contributed by atoms with van der Waals surface area (Å²) in [5.74, 6) is -1.29. The molecule has 0 unspecified atom stereocenters. The van der Waals surface area contributed by atoms with Gasteiger partial charge in [-0.1, -0.05) is 84.9 Å². The van der Waals surface area contributed by atoms with E-state index in [1.807, 2.05) is 78.8 Å². The zero-order valence-corrected chi connectivity index (χ0v) is 26.6. The molecule has 1 aliphatic heterocycles. The molecule has 0 spiro atoms. The quantitative estimate of drug-likeness (QED) is 0.354. The zero-order valence-electron chi connectivity index (χ0n) is 26.6. The van der Waals surface area contributed by atoms with Gasteiger partial charge in [0.15, 0.2) is 0 Å². The fourth-order valence-electron chi connectivity index (χ4n) is 5.69. The van der Waals surface area contributed by atoms with Crippen LogP contribution in [-0.4, -0.2) is 78.2 Å². The maximum atomic E-state index is 14.1. The highest BCUT2D eigenvalue weighted by Gasteiger charge is 2.42. The third kappa shape index (κ3) is 7.97. The summed E-state index contributed by atoms with van der Waals surface area (Å²) >= 11 is 0. The Balaban J connectivity index is 2.33. The van der Waals surface area contributed by atoms with Crippen molar-refractivity contribution >= 4 is 23.6 Å². The number of benzene rings is 1. The first-order chi connectivity index (χ1) is 18.9. The van der Waals surface area contributed by atoms with Gasteiger partial charge in [0.1, 0.15) is 12.1 Å². The van der Waals surface area contributed by atoms with Crippen LogP contribution in [0.2, 0.25) is 0 Å². The molecule has 2 rings (SSSR count). The summed E-state index contributed by atoms with van der Waals surface area (Å²) in [6.07, 6.45) is 3.07. The second-order valence-corrected chi connectivity index (χ2v) is 13.2. The molecule has 0 aliphatic carbocycles. The molecule has 4 amide bonds. The van der Waals surface area contributed by atoms with E-state index in [9.17, 15) is 19.2 Å². The number of rotatable bonds is 11. The van der Waals surface area contributed by atoms with E-state index in [-0.39, 0.29) is 23.6 Å². The summed E-state index contributed by atoms with van der Waals surface area (Å²) in [7, 11) is 3.45. The smallest absolute Gasteiger partial charge is 0.249 e. The van der Waals surface area contributed by atoms with E-state index in [0.717, 1.165) is 12.0 Å². The van der Waals surface area contributed by atoms with Crippen molar-refractivity contribution in [3.8, 4) is 0 Å². The van der Waals surface area contributed by atoms with Crippen molar-refractivity contribution in [3.63, 3.8) is 0 Å². The number of likely N-dealkylation sites (N-methyl/N-ethyl adjacent to an activating group) is 2. The SMILES string of the molecule is CN[C@H](C(=O)N[C@H](C(=O)N(C)[C@H](/C=C(\C)C(=O)N1CCC[C@H]1C(N)=O)C(C)C)C(C)(C)C)C(C)(C)c1ccccc1.